The van der Waals surface area contributed by atoms with Crippen LogP contribution < -0.4 is 10.2 Å². The van der Waals surface area contributed by atoms with Crippen molar-refractivity contribution in [3.63, 3.8) is 0 Å². The van der Waals surface area contributed by atoms with Gasteiger partial charge in [0.15, 0.2) is 5.78 Å². The Hall–Kier alpha value is -2.29. The number of aromatic nitrogens is 1. The average molecular weight is 469 g/mol. The molecule has 0 bridgehead atoms. The highest BCUT2D eigenvalue weighted by Crippen LogP contribution is 2.32. The van der Waals surface area contributed by atoms with Gasteiger partial charge in [0.25, 0.3) is 5.91 Å². The van der Waals surface area contributed by atoms with Crippen molar-refractivity contribution in [1.82, 2.24) is 14.6 Å². The van der Waals surface area contributed by atoms with Crippen LogP contribution in [0, 0.1) is 6.92 Å². The van der Waals surface area contributed by atoms with Gasteiger partial charge >= 0.3 is 0 Å². The van der Waals surface area contributed by atoms with E-state index in [1.54, 1.807) is 22.9 Å². The summed E-state index contributed by atoms with van der Waals surface area (Å²) in [6.45, 7) is 7.45. The van der Waals surface area contributed by atoms with E-state index in [1.807, 2.05) is 6.92 Å². The van der Waals surface area contributed by atoms with Gasteiger partial charge in [-0.05, 0) is 56.4 Å². The Morgan fingerprint density at radius 2 is 2.00 bits per heavy atom. The molecule has 2 aromatic heterocycles. The summed E-state index contributed by atoms with van der Waals surface area (Å²) in [7, 11) is 0. The van der Waals surface area contributed by atoms with Crippen LogP contribution in [0.5, 0.6) is 0 Å². The number of benzene rings is 1. The molecule has 168 valence electrons. The minimum Gasteiger partial charge on any atom is -0.353 e. The zero-order chi connectivity index (χ0) is 22.1. The van der Waals surface area contributed by atoms with E-state index in [1.165, 1.54) is 10.1 Å². The number of thiophene rings is 1. The van der Waals surface area contributed by atoms with Crippen LogP contribution in [0.4, 0.5) is 5.82 Å². The van der Waals surface area contributed by atoms with E-state index in [0.717, 1.165) is 67.6 Å². The second-order valence-electron chi connectivity index (χ2n) is 8.55. The highest BCUT2D eigenvalue weighted by atomic mass is 32.1. The molecule has 0 unspecified atom stereocenters. The minimum atomic E-state index is -0.0733. The summed E-state index contributed by atoms with van der Waals surface area (Å²) in [6, 6.07) is 8.41. The van der Waals surface area contributed by atoms with Crippen molar-refractivity contribution in [2.75, 3.05) is 44.2 Å². The van der Waals surface area contributed by atoms with E-state index in [9.17, 15) is 9.59 Å². The molecule has 4 heterocycles. The number of ketones is 1. The molecule has 1 N–H and O–H groups in total. The Morgan fingerprint density at radius 1 is 1.19 bits per heavy atom. The number of hydrogen-bond donors (Lipinski definition) is 1. The Kier molecular flexibility index (Phi) is 6.26. The first-order valence-corrected chi connectivity index (χ1v) is 13.0. The van der Waals surface area contributed by atoms with Crippen molar-refractivity contribution in [2.45, 2.75) is 32.6 Å². The maximum absolute atomic E-state index is 13.0. The Bertz CT molecular complexity index is 1140. The number of piperazine rings is 1. The average Bonchev–Trinajstić information content (AvgIpc) is 3.33. The molecule has 1 aromatic carbocycles. The minimum absolute atomic E-state index is 0.0733. The highest BCUT2D eigenvalue weighted by molar-refractivity contribution is 7.13. The second kappa shape index (κ2) is 9.29. The summed E-state index contributed by atoms with van der Waals surface area (Å²) >= 11 is 3.19. The fourth-order valence-corrected chi connectivity index (χ4v) is 6.79. The molecule has 1 amide bonds. The quantitative estimate of drug-likeness (QED) is 0.551. The molecule has 3 aromatic rings. The van der Waals surface area contributed by atoms with E-state index in [0.29, 0.717) is 24.1 Å². The zero-order valence-corrected chi connectivity index (χ0v) is 20.0. The van der Waals surface area contributed by atoms with Gasteiger partial charge in [-0.2, -0.15) is 4.37 Å². The first-order chi connectivity index (χ1) is 15.6. The van der Waals surface area contributed by atoms with E-state index in [4.69, 9.17) is 0 Å². The first-order valence-electron chi connectivity index (χ1n) is 11.4. The lowest BCUT2D eigenvalue weighted by atomic mass is 10.00. The van der Waals surface area contributed by atoms with Crippen LogP contribution in [-0.4, -0.2) is 60.2 Å². The van der Waals surface area contributed by atoms with Gasteiger partial charge in [-0.3, -0.25) is 14.5 Å². The van der Waals surface area contributed by atoms with E-state index >= 15 is 0 Å². The van der Waals surface area contributed by atoms with Gasteiger partial charge in [-0.25, -0.2) is 0 Å². The second-order valence-corrected chi connectivity index (χ2v) is 10.7. The molecule has 2 aliphatic heterocycles. The summed E-state index contributed by atoms with van der Waals surface area (Å²) in [5, 5.41) is 4.18. The summed E-state index contributed by atoms with van der Waals surface area (Å²) in [4.78, 5) is 32.4. The van der Waals surface area contributed by atoms with E-state index in [2.05, 4.69) is 43.8 Å². The van der Waals surface area contributed by atoms with Crippen molar-refractivity contribution < 1.29 is 9.59 Å². The van der Waals surface area contributed by atoms with E-state index in [-0.39, 0.29) is 11.7 Å². The molecule has 0 saturated carbocycles. The molecular formula is C24H28N4O2S2. The molecular weight excluding hydrogens is 440 g/mol. The third kappa shape index (κ3) is 4.19. The van der Waals surface area contributed by atoms with Gasteiger partial charge in [0.05, 0.1) is 10.3 Å². The number of hydrogen-bond acceptors (Lipinski definition) is 7. The molecule has 2 aliphatic rings. The third-order valence-electron chi connectivity index (χ3n) is 6.44. The van der Waals surface area contributed by atoms with Crippen LogP contribution in [0.2, 0.25) is 0 Å². The molecule has 5 rings (SSSR count). The largest absolute Gasteiger partial charge is 0.353 e. The summed E-state index contributed by atoms with van der Waals surface area (Å²) in [6.07, 6.45) is 3.14. The Labute approximate surface area is 196 Å². The van der Waals surface area contributed by atoms with Gasteiger partial charge < -0.3 is 10.2 Å². The lowest BCUT2D eigenvalue weighted by molar-refractivity contribution is 0.0931. The summed E-state index contributed by atoms with van der Waals surface area (Å²) in [5.74, 6) is 1.15. The Morgan fingerprint density at radius 3 is 2.84 bits per heavy atom. The van der Waals surface area contributed by atoms with Gasteiger partial charge in [0, 0.05) is 59.8 Å². The topological polar surface area (TPSA) is 65.5 Å². The zero-order valence-electron chi connectivity index (χ0n) is 18.4. The number of rotatable bonds is 6. The van der Waals surface area contributed by atoms with Gasteiger partial charge in [-0.15, -0.1) is 11.3 Å². The number of nitrogens with zero attached hydrogens (tertiary/aromatic N) is 3. The third-order valence-corrected chi connectivity index (χ3v) is 8.42. The number of anilines is 1. The number of aryl methyl sites for hydroxylation is 2. The fraction of sp³-hybridized carbons (Fsp3) is 0.458. The lowest BCUT2D eigenvalue weighted by Gasteiger charge is -2.35. The van der Waals surface area contributed by atoms with Crippen LogP contribution >= 0.6 is 22.9 Å². The number of carbonyl (C=O) groups is 2. The van der Waals surface area contributed by atoms with Crippen LogP contribution in [0.25, 0.3) is 10.1 Å². The maximum Gasteiger partial charge on any atom is 0.253 e. The van der Waals surface area contributed by atoms with Crippen LogP contribution in [0.3, 0.4) is 0 Å². The van der Waals surface area contributed by atoms with E-state index < -0.39 is 0 Å². The molecule has 1 saturated heterocycles. The van der Waals surface area contributed by atoms with Crippen molar-refractivity contribution in [2.24, 2.45) is 0 Å². The van der Waals surface area contributed by atoms with Gasteiger partial charge in [-0.1, -0.05) is 12.1 Å². The fourth-order valence-electron chi connectivity index (χ4n) is 4.77. The molecule has 0 atom stereocenters. The highest BCUT2D eigenvalue weighted by Gasteiger charge is 2.27. The predicted molar refractivity (Wildman–Crippen MR) is 132 cm³/mol. The van der Waals surface area contributed by atoms with Crippen molar-refractivity contribution in [1.29, 1.82) is 0 Å². The molecule has 1 fully saturated rings. The summed E-state index contributed by atoms with van der Waals surface area (Å²) in [5.41, 5.74) is 1.32. The number of fused-ring (bicyclic) bond motifs is 2. The van der Waals surface area contributed by atoms with Gasteiger partial charge in [0.1, 0.15) is 5.82 Å². The molecule has 8 heteroatoms. The number of nitrogens with one attached hydrogen (secondary N) is 1. The normalized spacial score (nSPS) is 17.3. The predicted octanol–water partition coefficient (Wildman–Crippen LogP) is 4.13. The van der Waals surface area contributed by atoms with Crippen molar-refractivity contribution >= 4 is 50.5 Å². The SMILES string of the molecule is Cc1sc2c(c1C(=O)CCCN1CCN(c3nsc4ccccc34)CC1)C(=O)NCCC2. The first kappa shape index (κ1) is 21.6. The van der Waals surface area contributed by atoms with Crippen LogP contribution in [-0.2, 0) is 6.42 Å². The number of carbonyl (C=O) groups excluding carboxylic acids is 2. The summed E-state index contributed by atoms with van der Waals surface area (Å²) < 4.78 is 5.92. The maximum atomic E-state index is 13.0. The number of Topliss-reactive ketones (excluding diaryl/α,β-unsaturated/α-hetero) is 1. The van der Waals surface area contributed by atoms with Crippen LogP contribution in [0.1, 0.15) is 49.7 Å². The number of amides is 1. The molecule has 0 radical (unpaired) electrons. The molecule has 0 spiro atoms. The molecule has 6 nitrogen and oxygen atoms in total. The van der Waals surface area contributed by atoms with Crippen LogP contribution in [0.15, 0.2) is 24.3 Å². The van der Waals surface area contributed by atoms with Crippen molar-refractivity contribution in [3.05, 3.63) is 45.1 Å². The monoisotopic (exact) mass is 468 g/mol. The standard InChI is InChI=1S/C24H28N4O2S2/c1-16-21(22-20(31-16)9-4-10-25-24(22)30)18(29)7-5-11-27-12-14-28(15-13-27)23-17-6-2-3-8-19(17)32-26-23/h2-3,6,8H,4-5,7,9-15H2,1H3,(H,25,30). The van der Waals surface area contributed by atoms with Gasteiger partial charge in [0.2, 0.25) is 0 Å². The smallest absolute Gasteiger partial charge is 0.253 e. The Balaban J connectivity index is 1.15. The molecule has 32 heavy (non-hydrogen) atoms. The van der Waals surface area contributed by atoms with Crippen molar-refractivity contribution in [3.8, 4) is 0 Å². The molecule has 0 aliphatic carbocycles. The lowest BCUT2D eigenvalue weighted by Crippen LogP contribution is -2.46.